The van der Waals surface area contributed by atoms with Crippen LogP contribution in [-0.4, -0.2) is 38.2 Å². The standard InChI is InChI=1S/C24H22FN3O3S2/c1-13(2)32-23-20(15-8-10-18(31-4)11-9-15)26-24(33-23)28-21(22(29)30)19(14(3)27-28)16-6-5-7-17(25)12-16/h5-13H,1-4H3,(H,29,30). The molecule has 0 radical (unpaired) electrons. The first-order chi connectivity index (χ1) is 15.8. The Morgan fingerprint density at radius 2 is 1.91 bits per heavy atom. The van der Waals surface area contributed by atoms with Crippen molar-refractivity contribution < 1.29 is 19.0 Å². The highest BCUT2D eigenvalue weighted by molar-refractivity contribution is 8.01. The number of hydrogen-bond acceptors (Lipinski definition) is 6. The van der Waals surface area contributed by atoms with E-state index in [0.29, 0.717) is 27.2 Å². The lowest BCUT2D eigenvalue weighted by Gasteiger charge is -2.05. The van der Waals surface area contributed by atoms with Crippen LogP contribution < -0.4 is 4.74 Å². The molecule has 6 nitrogen and oxygen atoms in total. The maximum Gasteiger partial charge on any atom is 0.355 e. The Bertz CT molecular complexity index is 1310. The number of methoxy groups -OCH3 is 1. The molecule has 0 unspecified atom stereocenters. The Morgan fingerprint density at radius 3 is 2.52 bits per heavy atom. The number of aromatic nitrogens is 3. The van der Waals surface area contributed by atoms with E-state index in [9.17, 15) is 14.3 Å². The summed E-state index contributed by atoms with van der Waals surface area (Å²) < 4.78 is 21.4. The topological polar surface area (TPSA) is 77.2 Å². The summed E-state index contributed by atoms with van der Waals surface area (Å²) in [5.74, 6) is -0.861. The Kier molecular flexibility index (Phi) is 6.53. The average molecular weight is 484 g/mol. The minimum absolute atomic E-state index is 0.0470. The smallest absolute Gasteiger partial charge is 0.355 e. The van der Waals surface area contributed by atoms with Gasteiger partial charge in [0.15, 0.2) is 5.69 Å². The molecule has 170 valence electrons. The fraction of sp³-hybridized carbons (Fsp3) is 0.208. The molecule has 2 aromatic carbocycles. The highest BCUT2D eigenvalue weighted by atomic mass is 32.2. The summed E-state index contributed by atoms with van der Waals surface area (Å²) in [6, 6.07) is 13.4. The van der Waals surface area contributed by atoms with Crippen molar-refractivity contribution in [3.63, 3.8) is 0 Å². The van der Waals surface area contributed by atoms with Gasteiger partial charge in [0.05, 0.1) is 22.7 Å². The van der Waals surface area contributed by atoms with E-state index < -0.39 is 11.8 Å². The van der Waals surface area contributed by atoms with Crippen LogP contribution in [0.15, 0.2) is 52.7 Å². The van der Waals surface area contributed by atoms with Gasteiger partial charge >= 0.3 is 5.97 Å². The normalized spacial score (nSPS) is 11.2. The Balaban J connectivity index is 1.89. The van der Waals surface area contributed by atoms with Gasteiger partial charge in [-0.3, -0.25) is 0 Å². The monoisotopic (exact) mass is 483 g/mol. The Labute approximate surface area is 199 Å². The number of hydrogen-bond donors (Lipinski definition) is 1. The Hall–Kier alpha value is -3.17. The number of carboxylic acid groups (broad SMARTS) is 1. The van der Waals surface area contributed by atoms with Crippen molar-refractivity contribution in [1.29, 1.82) is 0 Å². The number of benzene rings is 2. The molecule has 0 fully saturated rings. The summed E-state index contributed by atoms with van der Waals surface area (Å²) in [7, 11) is 1.61. The number of carboxylic acids is 1. The molecular formula is C24H22FN3O3S2. The van der Waals surface area contributed by atoms with Crippen LogP contribution in [0.1, 0.15) is 30.0 Å². The number of aryl methyl sites for hydroxylation is 1. The maximum absolute atomic E-state index is 13.9. The van der Waals surface area contributed by atoms with E-state index in [1.807, 2.05) is 24.3 Å². The van der Waals surface area contributed by atoms with E-state index in [1.165, 1.54) is 28.2 Å². The highest BCUT2D eigenvalue weighted by Gasteiger charge is 2.27. The molecule has 0 amide bonds. The van der Waals surface area contributed by atoms with Crippen molar-refractivity contribution in [3.8, 4) is 33.3 Å². The fourth-order valence-corrected chi connectivity index (χ4v) is 5.94. The van der Waals surface area contributed by atoms with Gasteiger partial charge in [0.2, 0.25) is 5.13 Å². The summed E-state index contributed by atoms with van der Waals surface area (Å²) >= 11 is 3.04. The minimum atomic E-state index is -1.16. The SMILES string of the molecule is COc1ccc(-c2nc(-n3nc(C)c(-c4cccc(F)c4)c3C(=O)O)sc2SC(C)C)cc1. The molecule has 33 heavy (non-hydrogen) atoms. The van der Waals surface area contributed by atoms with Crippen molar-refractivity contribution in [1.82, 2.24) is 14.8 Å². The van der Waals surface area contributed by atoms with Crippen LogP contribution in [0.4, 0.5) is 4.39 Å². The summed E-state index contributed by atoms with van der Waals surface area (Å²) in [6.07, 6.45) is 0. The second kappa shape index (κ2) is 9.36. The molecular weight excluding hydrogens is 461 g/mol. The van der Waals surface area contributed by atoms with Crippen molar-refractivity contribution in [2.24, 2.45) is 0 Å². The zero-order chi connectivity index (χ0) is 23.7. The van der Waals surface area contributed by atoms with Gasteiger partial charge in [-0.2, -0.15) is 9.78 Å². The van der Waals surface area contributed by atoms with E-state index in [-0.39, 0.29) is 5.69 Å². The Morgan fingerprint density at radius 1 is 1.18 bits per heavy atom. The predicted octanol–water partition coefficient (Wildman–Crippen LogP) is 6.32. The highest BCUT2D eigenvalue weighted by Crippen LogP contribution is 2.41. The van der Waals surface area contributed by atoms with Crippen LogP contribution in [0, 0.1) is 12.7 Å². The molecule has 1 N–H and O–H groups in total. The average Bonchev–Trinajstić information content (AvgIpc) is 3.34. The van der Waals surface area contributed by atoms with E-state index in [2.05, 4.69) is 18.9 Å². The summed E-state index contributed by atoms with van der Waals surface area (Å²) in [5.41, 5.74) is 2.92. The van der Waals surface area contributed by atoms with E-state index >= 15 is 0 Å². The number of thioether (sulfide) groups is 1. The summed E-state index contributed by atoms with van der Waals surface area (Å²) in [4.78, 5) is 17.1. The number of halogens is 1. The fourth-order valence-electron chi connectivity index (χ4n) is 3.46. The van der Waals surface area contributed by atoms with E-state index in [0.717, 1.165) is 21.2 Å². The molecule has 0 spiro atoms. The van der Waals surface area contributed by atoms with Gasteiger partial charge in [-0.25, -0.2) is 14.2 Å². The number of rotatable bonds is 7. The third-order valence-electron chi connectivity index (χ3n) is 4.85. The van der Waals surface area contributed by atoms with Gasteiger partial charge in [-0.15, -0.1) is 11.8 Å². The number of carbonyl (C=O) groups is 1. The van der Waals surface area contributed by atoms with Crippen molar-refractivity contribution in [2.45, 2.75) is 30.2 Å². The quantitative estimate of drug-likeness (QED) is 0.310. The first-order valence-electron chi connectivity index (χ1n) is 10.2. The first kappa shape index (κ1) is 23.0. The third kappa shape index (κ3) is 4.65. The summed E-state index contributed by atoms with van der Waals surface area (Å²) in [5, 5.41) is 15.3. The molecule has 0 saturated heterocycles. The molecule has 9 heteroatoms. The summed E-state index contributed by atoms with van der Waals surface area (Å²) in [6.45, 7) is 5.89. The predicted molar refractivity (Wildman–Crippen MR) is 129 cm³/mol. The molecule has 0 bridgehead atoms. The van der Waals surface area contributed by atoms with Crippen molar-refractivity contribution in [2.75, 3.05) is 7.11 Å². The van der Waals surface area contributed by atoms with Crippen LogP contribution in [0.2, 0.25) is 0 Å². The van der Waals surface area contributed by atoms with Crippen LogP contribution in [-0.2, 0) is 0 Å². The first-order valence-corrected chi connectivity index (χ1v) is 11.9. The van der Waals surface area contributed by atoms with Crippen LogP contribution >= 0.6 is 23.1 Å². The lowest BCUT2D eigenvalue weighted by molar-refractivity contribution is 0.0688. The molecule has 2 heterocycles. The lowest BCUT2D eigenvalue weighted by Crippen LogP contribution is -2.09. The number of ether oxygens (including phenoxy) is 1. The second-order valence-corrected chi connectivity index (χ2v) is 10.4. The van der Waals surface area contributed by atoms with Gasteiger partial charge in [-0.05, 0) is 48.9 Å². The number of aromatic carboxylic acids is 1. The van der Waals surface area contributed by atoms with Crippen LogP contribution in [0.25, 0.3) is 27.5 Å². The van der Waals surface area contributed by atoms with Gasteiger partial charge in [-0.1, -0.05) is 37.3 Å². The zero-order valence-electron chi connectivity index (χ0n) is 18.5. The van der Waals surface area contributed by atoms with E-state index in [1.54, 1.807) is 37.9 Å². The minimum Gasteiger partial charge on any atom is -0.497 e. The van der Waals surface area contributed by atoms with Crippen LogP contribution in [0.3, 0.4) is 0 Å². The van der Waals surface area contributed by atoms with Gasteiger partial charge in [0, 0.05) is 16.4 Å². The van der Waals surface area contributed by atoms with Crippen LogP contribution in [0.5, 0.6) is 5.75 Å². The molecule has 2 aromatic heterocycles. The maximum atomic E-state index is 13.9. The second-order valence-electron chi connectivity index (χ2n) is 7.56. The molecule has 0 aliphatic heterocycles. The molecule has 4 aromatic rings. The van der Waals surface area contributed by atoms with Gasteiger partial charge in [0.1, 0.15) is 11.6 Å². The van der Waals surface area contributed by atoms with Gasteiger partial charge in [0.25, 0.3) is 0 Å². The third-order valence-corrected chi connectivity index (χ3v) is 7.09. The molecule has 0 atom stereocenters. The van der Waals surface area contributed by atoms with Crippen molar-refractivity contribution in [3.05, 3.63) is 65.7 Å². The molecule has 0 aliphatic carbocycles. The molecule has 4 rings (SSSR count). The van der Waals surface area contributed by atoms with E-state index in [4.69, 9.17) is 9.72 Å². The largest absolute Gasteiger partial charge is 0.497 e. The molecule has 0 aliphatic rings. The number of thiazole rings is 1. The number of nitrogens with zero attached hydrogens (tertiary/aromatic N) is 3. The van der Waals surface area contributed by atoms with Gasteiger partial charge < -0.3 is 9.84 Å². The van der Waals surface area contributed by atoms with Crippen molar-refractivity contribution >= 4 is 29.1 Å². The lowest BCUT2D eigenvalue weighted by atomic mass is 10.0. The zero-order valence-corrected chi connectivity index (χ0v) is 20.1. The molecule has 0 saturated carbocycles.